The van der Waals surface area contributed by atoms with E-state index in [1.165, 1.54) is 52.8 Å². The quantitative estimate of drug-likeness (QED) is 0.167. The topological polar surface area (TPSA) is 16.4 Å². The van der Waals surface area contributed by atoms with Gasteiger partial charge in [-0.3, -0.25) is 0 Å². The van der Waals surface area contributed by atoms with Crippen molar-refractivity contribution < 1.29 is 4.42 Å². The summed E-state index contributed by atoms with van der Waals surface area (Å²) in [6, 6.07) is 67.9. The Bertz CT molecular complexity index is 3170. The van der Waals surface area contributed by atoms with Crippen LogP contribution >= 0.6 is 11.3 Å². The van der Waals surface area contributed by atoms with Gasteiger partial charge < -0.3 is 9.32 Å². The van der Waals surface area contributed by atoms with Gasteiger partial charge in [0.2, 0.25) is 0 Å². The molecule has 0 amide bonds. The van der Waals surface area contributed by atoms with Crippen LogP contribution in [-0.4, -0.2) is 0 Å². The summed E-state index contributed by atoms with van der Waals surface area (Å²) < 4.78 is 9.39. The van der Waals surface area contributed by atoms with Crippen molar-refractivity contribution in [1.82, 2.24) is 0 Å². The predicted octanol–water partition coefficient (Wildman–Crippen LogP) is 15.1. The minimum absolute atomic E-state index is 0.877. The van der Waals surface area contributed by atoms with Gasteiger partial charge in [0.1, 0.15) is 11.2 Å². The second-order valence-corrected chi connectivity index (χ2v) is 14.7. The van der Waals surface area contributed by atoms with Gasteiger partial charge in [-0.05, 0) is 81.4 Å². The molecule has 0 fully saturated rings. The van der Waals surface area contributed by atoms with E-state index >= 15 is 0 Å². The summed E-state index contributed by atoms with van der Waals surface area (Å²) >= 11 is 1.86. The van der Waals surface area contributed by atoms with Crippen molar-refractivity contribution in [3.8, 4) is 22.3 Å². The van der Waals surface area contributed by atoms with Gasteiger partial charge >= 0.3 is 0 Å². The van der Waals surface area contributed by atoms with E-state index in [0.717, 1.165) is 50.1 Å². The largest absolute Gasteiger partial charge is 0.455 e. The fourth-order valence-corrected chi connectivity index (χ4v) is 9.41. The molecule has 0 unspecified atom stereocenters. The lowest BCUT2D eigenvalue weighted by atomic mass is 9.97. The van der Waals surface area contributed by atoms with Crippen LogP contribution in [0.5, 0.6) is 0 Å². The van der Waals surface area contributed by atoms with E-state index in [4.69, 9.17) is 4.42 Å². The summed E-state index contributed by atoms with van der Waals surface area (Å²) in [7, 11) is 0. The van der Waals surface area contributed by atoms with Gasteiger partial charge in [-0.1, -0.05) is 140 Å². The summed E-state index contributed by atoms with van der Waals surface area (Å²) in [5, 5.41) is 9.73. The SMILES string of the molecule is c1ccc(-c2ccc(N(c3ccc(-c4cccc5sc6ccccc6c45)cc3)c3cccc4c3ccc3ccccc34)c3c2oc2ccccc23)cc1. The highest BCUT2D eigenvalue weighted by Gasteiger charge is 2.24. The highest BCUT2D eigenvalue weighted by atomic mass is 32.1. The third-order valence-corrected chi connectivity index (χ3v) is 11.8. The lowest BCUT2D eigenvalue weighted by molar-refractivity contribution is 0.670. The van der Waals surface area contributed by atoms with Crippen molar-refractivity contribution in [2.75, 3.05) is 4.90 Å². The van der Waals surface area contributed by atoms with E-state index in [1.807, 2.05) is 11.3 Å². The van der Waals surface area contributed by atoms with E-state index in [9.17, 15) is 0 Å². The first kappa shape index (κ1) is 30.0. The van der Waals surface area contributed by atoms with Crippen molar-refractivity contribution in [2.24, 2.45) is 0 Å². The second-order valence-electron chi connectivity index (χ2n) is 13.6. The molecule has 0 spiro atoms. The smallest absolute Gasteiger partial charge is 0.145 e. The Morgan fingerprint density at radius 2 is 1.08 bits per heavy atom. The summed E-state index contributed by atoms with van der Waals surface area (Å²) in [6.45, 7) is 0. The van der Waals surface area contributed by atoms with Crippen LogP contribution in [0.1, 0.15) is 0 Å². The zero-order valence-electron chi connectivity index (χ0n) is 28.7. The second kappa shape index (κ2) is 11.9. The molecular formula is C50H31NOS. The number of para-hydroxylation sites is 1. The Morgan fingerprint density at radius 3 is 1.96 bits per heavy atom. The Balaban J connectivity index is 1.18. The molecule has 0 atom stereocenters. The van der Waals surface area contributed by atoms with Gasteiger partial charge in [-0.2, -0.15) is 0 Å². The van der Waals surface area contributed by atoms with E-state index < -0.39 is 0 Å². The van der Waals surface area contributed by atoms with Crippen LogP contribution in [0.15, 0.2) is 192 Å². The molecule has 0 aliphatic carbocycles. The molecular weight excluding hydrogens is 663 g/mol. The third-order valence-electron chi connectivity index (χ3n) is 10.7. The van der Waals surface area contributed by atoms with Crippen LogP contribution in [0, 0.1) is 0 Å². The zero-order chi connectivity index (χ0) is 34.9. The van der Waals surface area contributed by atoms with Gasteiger partial charge in [0, 0.05) is 42.2 Å². The van der Waals surface area contributed by atoms with Crippen molar-refractivity contribution in [1.29, 1.82) is 0 Å². The van der Waals surface area contributed by atoms with E-state index in [1.54, 1.807) is 0 Å². The summed E-state index contributed by atoms with van der Waals surface area (Å²) in [5.74, 6) is 0. The lowest BCUT2D eigenvalue weighted by Gasteiger charge is -2.28. The first-order valence-electron chi connectivity index (χ1n) is 18.0. The molecule has 2 nitrogen and oxygen atoms in total. The van der Waals surface area contributed by atoms with Gasteiger partial charge in [-0.25, -0.2) is 0 Å². The minimum Gasteiger partial charge on any atom is -0.455 e. The van der Waals surface area contributed by atoms with Crippen molar-refractivity contribution in [3.05, 3.63) is 188 Å². The molecule has 53 heavy (non-hydrogen) atoms. The van der Waals surface area contributed by atoms with Gasteiger partial charge in [0.25, 0.3) is 0 Å². The van der Waals surface area contributed by atoms with Crippen molar-refractivity contribution in [2.45, 2.75) is 0 Å². The van der Waals surface area contributed by atoms with Crippen LogP contribution < -0.4 is 4.90 Å². The molecule has 0 saturated heterocycles. The van der Waals surface area contributed by atoms with Crippen molar-refractivity contribution in [3.63, 3.8) is 0 Å². The molecule has 0 aliphatic rings. The monoisotopic (exact) mass is 693 g/mol. The molecule has 11 aromatic rings. The van der Waals surface area contributed by atoms with Crippen molar-refractivity contribution >= 4 is 92.1 Å². The normalized spacial score (nSPS) is 11.8. The lowest BCUT2D eigenvalue weighted by Crippen LogP contribution is -2.11. The van der Waals surface area contributed by atoms with E-state index in [2.05, 4.69) is 193 Å². The summed E-state index contributed by atoms with van der Waals surface area (Å²) in [6.07, 6.45) is 0. The maximum Gasteiger partial charge on any atom is 0.145 e. The number of rotatable bonds is 5. The molecule has 2 aromatic heterocycles. The first-order valence-corrected chi connectivity index (χ1v) is 18.8. The summed E-state index contributed by atoms with van der Waals surface area (Å²) in [4.78, 5) is 2.43. The average molecular weight is 694 g/mol. The molecule has 3 heteroatoms. The maximum absolute atomic E-state index is 6.77. The molecule has 11 rings (SSSR count). The Hall–Kier alpha value is -6.68. The third kappa shape index (κ3) is 4.71. The number of furan rings is 1. The van der Waals surface area contributed by atoms with Crippen LogP contribution in [0.4, 0.5) is 17.1 Å². The average Bonchev–Trinajstić information content (AvgIpc) is 3.81. The fourth-order valence-electron chi connectivity index (χ4n) is 8.27. The van der Waals surface area contributed by atoms with Crippen LogP contribution in [0.3, 0.4) is 0 Å². The number of thiophene rings is 1. The van der Waals surface area contributed by atoms with E-state index in [-0.39, 0.29) is 0 Å². The predicted molar refractivity (Wildman–Crippen MR) is 227 cm³/mol. The number of hydrogen-bond acceptors (Lipinski definition) is 3. The molecule has 0 saturated carbocycles. The number of benzene rings is 9. The van der Waals surface area contributed by atoms with Crippen LogP contribution in [-0.2, 0) is 0 Å². The molecule has 0 aliphatic heterocycles. The highest BCUT2D eigenvalue weighted by molar-refractivity contribution is 7.25. The molecule has 0 bridgehead atoms. The minimum atomic E-state index is 0.877. The highest BCUT2D eigenvalue weighted by Crippen LogP contribution is 2.48. The summed E-state index contributed by atoms with van der Waals surface area (Å²) in [5.41, 5.74) is 9.70. The van der Waals surface area contributed by atoms with E-state index in [0.29, 0.717) is 0 Å². The number of fused-ring (bicyclic) bond motifs is 9. The number of hydrogen-bond donors (Lipinski definition) is 0. The van der Waals surface area contributed by atoms with Gasteiger partial charge in [0.05, 0.1) is 16.8 Å². The first-order chi connectivity index (χ1) is 26.3. The fraction of sp³-hybridized carbons (Fsp3) is 0. The standard InChI is InChI=1S/C50H31NOS/c1-2-12-32(13-3-1)38-30-31-44(49-41-16-6-8-21-45(41)52-50(38)49)51(43-20-10-19-39-36-15-5-4-14-33(36)26-29-40(39)43)35-27-24-34(25-28-35)37-18-11-23-47-48(37)42-17-7-9-22-46(42)53-47/h1-31H. The molecule has 248 valence electrons. The Kier molecular flexibility index (Phi) is 6.76. The zero-order valence-corrected chi connectivity index (χ0v) is 29.5. The van der Waals surface area contributed by atoms with Gasteiger partial charge in [0.15, 0.2) is 0 Å². The van der Waals surface area contributed by atoms with Crippen LogP contribution in [0.2, 0.25) is 0 Å². The molecule has 2 heterocycles. The number of anilines is 3. The Morgan fingerprint density at radius 1 is 0.377 bits per heavy atom. The van der Waals surface area contributed by atoms with Gasteiger partial charge in [-0.15, -0.1) is 11.3 Å². The number of nitrogens with zero attached hydrogens (tertiary/aromatic N) is 1. The van der Waals surface area contributed by atoms with Crippen LogP contribution in [0.25, 0.3) is 85.9 Å². The Labute approximate surface area is 310 Å². The molecule has 0 radical (unpaired) electrons. The maximum atomic E-state index is 6.77. The molecule has 9 aromatic carbocycles. The molecule has 0 N–H and O–H groups in total.